The van der Waals surface area contributed by atoms with E-state index in [0.717, 1.165) is 0 Å². The highest BCUT2D eigenvalue weighted by atomic mass is 19.3. The first-order valence-electron chi connectivity index (χ1n) is 4.77. The SMILES string of the molecule is COc1cc(C(F)(F)CN)cc(OC)c1C. The molecule has 1 aromatic carbocycles. The van der Waals surface area contributed by atoms with Crippen LogP contribution in [-0.2, 0) is 5.92 Å². The maximum absolute atomic E-state index is 13.4. The van der Waals surface area contributed by atoms with Gasteiger partial charge in [0.25, 0.3) is 5.92 Å². The van der Waals surface area contributed by atoms with E-state index < -0.39 is 12.5 Å². The van der Waals surface area contributed by atoms with Crippen molar-refractivity contribution in [1.29, 1.82) is 0 Å². The van der Waals surface area contributed by atoms with Gasteiger partial charge >= 0.3 is 0 Å². The van der Waals surface area contributed by atoms with Crippen molar-refractivity contribution in [3.63, 3.8) is 0 Å². The summed E-state index contributed by atoms with van der Waals surface area (Å²) in [5.74, 6) is -2.35. The second-order valence-corrected chi connectivity index (χ2v) is 3.41. The number of hydrogen-bond donors (Lipinski definition) is 1. The monoisotopic (exact) mass is 231 g/mol. The number of ether oxygens (including phenoxy) is 2. The lowest BCUT2D eigenvalue weighted by molar-refractivity contribution is 0.00553. The van der Waals surface area contributed by atoms with Gasteiger partial charge in [0.2, 0.25) is 0 Å². The van der Waals surface area contributed by atoms with Gasteiger partial charge in [-0.2, -0.15) is 8.78 Å². The van der Waals surface area contributed by atoms with E-state index in [0.29, 0.717) is 17.1 Å². The highest BCUT2D eigenvalue weighted by Gasteiger charge is 2.31. The largest absolute Gasteiger partial charge is 0.496 e. The zero-order chi connectivity index (χ0) is 12.3. The molecule has 0 radical (unpaired) electrons. The Bertz CT molecular complexity index is 355. The van der Waals surface area contributed by atoms with E-state index >= 15 is 0 Å². The normalized spacial score (nSPS) is 11.4. The zero-order valence-corrected chi connectivity index (χ0v) is 9.51. The van der Waals surface area contributed by atoms with E-state index in [2.05, 4.69) is 0 Å². The third kappa shape index (κ3) is 2.24. The molecule has 0 amide bonds. The number of methoxy groups -OCH3 is 2. The number of rotatable bonds is 4. The number of halogens is 2. The molecule has 3 nitrogen and oxygen atoms in total. The molecule has 0 aromatic heterocycles. The Labute approximate surface area is 93.2 Å². The van der Waals surface area contributed by atoms with E-state index in [1.165, 1.54) is 26.4 Å². The summed E-state index contributed by atoms with van der Waals surface area (Å²) in [5.41, 5.74) is 5.51. The van der Waals surface area contributed by atoms with Crippen molar-refractivity contribution in [2.24, 2.45) is 5.73 Å². The minimum absolute atomic E-state index is 0.200. The van der Waals surface area contributed by atoms with Crippen LogP contribution in [0.15, 0.2) is 12.1 Å². The predicted molar refractivity (Wildman–Crippen MR) is 57.2 cm³/mol. The Morgan fingerprint density at radius 3 is 1.94 bits per heavy atom. The van der Waals surface area contributed by atoms with E-state index in [9.17, 15) is 8.78 Å². The minimum atomic E-state index is -3.08. The van der Waals surface area contributed by atoms with Crippen LogP contribution in [0.25, 0.3) is 0 Å². The Hall–Kier alpha value is -1.36. The van der Waals surface area contributed by atoms with Crippen molar-refractivity contribution in [3.8, 4) is 11.5 Å². The van der Waals surface area contributed by atoms with Crippen molar-refractivity contribution in [2.75, 3.05) is 20.8 Å². The molecule has 0 saturated carbocycles. The lowest BCUT2D eigenvalue weighted by Gasteiger charge is -2.18. The van der Waals surface area contributed by atoms with E-state index in [4.69, 9.17) is 15.2 Å². The fraction of sp³-hybridized carbons (Fsp3) is 0.455. The Kier molecular flexibility index (Phi) is 3.70. The van der Waals surface area contributed by atoms with Gasteiger partial charge in [0.15, 0.2) is 0 Å². The topological polar surface area (TPSA) is 44.5 Å². The average Bonchev–Trinajstić information content (AvgIpc) is 2.29. The summed E-state index contributed by atoms with van der Waals surface area (Å²) in [6, 6.07) is 2.56. The number of nitrogens with two attached hydrogens (primary N) is 1. The van der Waals surface area contributed by atoms with Crippen molar-refractivity contribution < 1.29 is 18.3 Å². The van der Waals surface area contributed by atoms with Crippen molar-refractivity contribution >= 4 is 0 Å². The zero-order valence-electron chi connectivity index (χ0n) is 9.51. The molecule has 0 saturated heterocycles. The summed E-state index contributed by atoms with van der Waals surface area (Å²) in [6.07, 6.45) is 0. The first-order valence-corrected chi connectivity index (χ1v) is 4.77. The van der Waals surface area contributed by atoms with Crippen LogP contribution in [0, 0.1) is 6.92 Å². The molecule has 0 bridgehead atoms. The van der Waals surface area contributed by atoms with Gasteiger partial charge in [0.05, 0.1) is 20.8 Å². The van der Waals surface area contributed by atoms with Gasteiger partial charge in [-0.3, -0.25) is 0 Å². The molecule has 0 unspecified atom stereocenters. The van der Waals surface area contributed by atoms with Gasteiger partial charge in [-0.15, -0.1) is 0 Å². The highest BCUT2D eigenvalue weighted by molar-refractivity contribution is 5.48. The van der Waals surface area contributed by atoms with Gasteiger partial charge in [0.1, 0.15) is 11.5 Å². The third-order valence-electron chi connectivity index (χ3n) is 2.43. The number of benzene rings is 1. The van der Waals surface area contributed by atoms with Gasteiger partial charge in [-0.25, -0.2) is 0 Å². The lowest BCUT2D eigenvalue weighted by atomic mass is 10.0. The molecule has 0 heterocycles. The van der Waals surface area contributed by atoms with Crippen LogP contribution in [0.4, 0.5) is 8.78 Å². The number of alkyl halides is 2. The summed E-state index contributed by atoms with van der Waals surface area (Å²) < 4.78 is 36.9. The summed E-state index contributed by atoms with van der Waals surface area (Å²) >= 11 is 0. The minimum Gasteiger partial charge on any atom is -0.496 e. The molecule has 0 aliphatic heterocycles. The van der Waals surface area contributed by atoms with Crippen LogP contribution in [-0.4, -0.2) is 20.8 Å². The van der Waals surface area contributed by atoms with Crippen molar-refractivity contribution in [1.82, 2.24) is 0 Å². The van der Waals surface area contributed by atoms with Gasteiger partial charge in [-0.05, 0) is 19.1 Å². The van der Waals surface area contributed by atoms with E-state index in [-0.39, 0.29) is 5.56 Å². The first-order chi connectivity index (χ1) is 7.46. The van der Waals surface area contributed by atoms with Crippen LogP contribution < -0.4 is 15.2 Å². The second-order valence-electron chi connectivity index (χ2n) is 3.41. The lowest BCUT2D eigenvalue weighted by Crippen LogP contribution is -2.25. The van der Waals surface area contributed by atoms with Gasteiger partial charge in [-0.1, -0.05) is 0 Å². The summed E-state index contributed by atoms with van der Waals surface area (Å²) in [6.45, 7) is 0.990. The summed E-state index contributed by atoms with van der Waals surface area (Å²) in [7, 11) is 2.85. The molecule has 16 heavy (non-hydrogen) atoms. The molecule has 2 N–H and O–H groups in total. The van der Waals surface area contributed by atoms with E-state index in [1.54, 1.807) is 6.92 Å². The molecule has 1 aromatic rings. The quantitative estimate of drug-likeness (QED) is 0.862. The highest BCUT2D eigenvalue weighted by Crippen LogP contribution is 2.36. The van der Waals surface area contributed by atoms with Crippen LogP contribution >= 0.6 is 0 Å². The fourth-order valence-electron chi connectivity index (χ4n) is 1.42. The molecule has 5 heteroatoms. The van der Waals surface area contributed by atoms with Crippen LogP contribution in [0.5, 0.6) is 11.5 Å². The van der Waals surface area contributed by atoms with Crippen LogP contribution in [0.2, 0.25) is 0 Å². The number of hydrogen-bond acceptors (Lipinski definition) is 3. The predicted octanol–water partition coefficient (Wildman–Crippen LogP) is 2.06. The molecular weight excluding hydrogens is 216 g/mol. The first kappa shape index (κ1) is 12.7. The van der Waals surface area contributed by atoms with Crippen molar-refractivity contribution in [2.45, 2.75) is 12.8 Å². The fourth-order valence-corrected chi connectivity index (χ4v) is 1.42. The standard InChI is InChI=1S/C11H15F2NO2/c1-7-9(15-2)4-8(5-10(7)16-3)11(12,13)6-14/h4-5H,6,14H2,1-3H3. The molecule has 0 aliphatic carbocycles. The molecule has 0 fully saturated rings. The summed E-state index contributed by atoms with van der Waals surface area (Å²) in [5, 5.41) is 0. The molecule has 0 aliphatic rings. The smallest absolute Gasteiger partial charge is 0.285 e. The summed E-state index contributed by atoms with van der Waals surface area (Å²) in [4.78, 5) is 0. The Morgan fingerprint density at radius 1 is 1.19 bits per heavy atom. The molecule has 0 atom stereocenters. The van der Waals surface area contributed by atoms with Gasteiger partial charge in [0, 0.05) is 11.1 Å². The molecular formula is C11H15F2NO2. The Balaban J connectivity index is 3.32. The van der Waals surface area contributed by atoms with Gasteiger partial charge < -0.3 is 15.2 Å². The molecule has 1 rings (SSSR count). The van der Waals surface area contributed by atoms with Crippen LogP contribution in [0.3, 0.4) is 0 Å². The molecule has 0 spiro atoms. The van der Waals surface area contributed by atoms with Crippen LogP contribution in [0.1, 0.15) is 11.1 Å². The molecule has 90 valence electrons. The Morgan fingerprint density at radius 2 is 1.62 bits per heavy atom. The average molecular weight is 231 g/mol. The second kappa shape index (κ2) is 4.65. The van der Waals surface area contributed by atoms with E-state index in [1.807, 2.05) is 0 Å². The third-order valence-corrected chi connectivity index (χ3v) is 2.43. The maximum atomic E-state index is 13.4. The maximum Gasteiger partial charge on any atom is 0.285 e. The van der Waals surface area contributed by atoms with Crippen molar-refractivity contribution in [3.05, 3.63) is 23.3 Å².